The molecule has 2 heterocycles. The molecule has 0 aliphatic rings. The first-order valence-corrected chi connectivity index (χ1v) is 9.14. The fraction of sp³-hybridized carbons (Fsp3) is 0.0500. The maximum absolute atomic E-state index is 12.9. The number of nitrogens with one attached hydrogen (secondary N) is 1. The van der Waals surface area contributed by atoms with Crippen molar-refractivity contribution in [1.82, 2.24) is 19.6 Å². The summed E-state index contributed by atoms with van der Waals surface area (Å²) < 4.78 is 4.46. The van der Waals surface area contributed by atoms with E-state index in [1.807, 2.05) is 67.7 Å². The number of aromatic nitrogens is 4. The van der Waals surface area contributed by atoms with Crippen LogP contribution >= 0.6 is 15.9 Å². The van der Waals surface area contributed by atoms with E-state index in [9.17, 15) is 4.79 Å². The second-order valence-electron chi connectivity index (χ2n) is 5.95. The van der Waals surface area contributed by atoms with Gasteiger partial charge in [-0.05, 0) is 49.4 Å². The Kier molecular flexibility index (Phi) is 4.60. The first-order valence-electron chi connectivity index (χ1n) is 8.34. The minimum absolute atomic E-state index is 0.213. The Morgan fingerprint density at radius 1 is 1.04 bits per heavy atom. The summed E-state index contributed by atoms with van der Waals surface area (Å²) >= 11 is 3.42. The SMILES string of the molecule is Cc1c(C(=O)Nc2ccccc2-n2cccn2)cnn1-c1ccc(Br)cc1. The largest absolute Gasteiger partial charge is 0.320 e. The fourth-order valence-electron chi connectivity index (χ4n) is 2.86. The first-order chi connectivity index (χ1) is 13.1. The quantitative estimate of drug-likeness (QED) is 0.531. The molecular formula is C20H16BrN5O. The summed E-state index contributed by atoms with van der Waals surface area (Å²) in [5.74, 6) is -0.213. The van der Waals surface area contributed by atoms with Crippen LogP contribution in [0, 0.1) is 6.92 Å². The number of hydrogen-bond acceptors (Lipinski definition) is 3. The normalized spacial score (nSPS) is 10.7. The lowest BCUT2D eigenvalue weighted by Gasteiger charge is -2.11. The molecule has 1 amide bonds. The van der Waals surface area contributed by atoms with Gasteiger partial charge in [0.25, 0.3) is 5.91 Å². The molecule has 0 aliphatic heterocycles. The van der Waals surface area contributed by atoms with Gasteiger partial charge in [0.1, 0.15) is 0 Å². The van der Waals surface area contributed by atoms with Gasteiger partial charge in [-0.25, -0.2) is 9.36 Å². The lowest BCUT2D eigenvalue weighted by atomic mass is 10.2. The van der Waals surface area contributed by atoms with Crippen LogP contribution in [0.15, 0.2) is 77.7 Å². The van der Waals surface area contributed by atoms with E-state index in [1.165, 1.54) is 0 Å². The van der Waals surface area contributed by atoms with Crippen molar-refractivity contribution in [2.24, 2.45) is 0 Å². The number of anilines is 1. The molecule has 0 radical (unpaired) electrons. The van der Waals surface area contributed by atoms with Crippen LogP contribution in [0.25, 0.3) is 11.4 Å². The molecule has 0 spiro atoms. The number of benzene rings is 2. The van der Waals surface area contributed by atoms with E-state index in [1.54, 1.807) is 21.8 Å². The Morgan fingerprint density at radius 3 is 2.56 bits per heavy atom. The number of amides is 1. The summed E-state index contributed by atoms with van der Waals surface area (Å²) in [6.07, 6.45) is 5.12. The Labute approximate surface area is 164 Å². The summed E-state index contributed by atoms with van der Waals surface area (Å²) in [5, 5.41) is 11.6. The predicted molar refractivity (Wildman–Crippen MR) is 108 cm³/mol. The molecule has 0 saturated heterocycles. The molecule has 0 bridgehead atoms. The van der Waals surface area contributed by atoms with Crippen LogP contribution in [-0.4, -0.2) is 25.5 Å². The Hall–Kier alpha value is -3.19. The minimum atomic E-state index is -0.213. The van der Waals surface area contributed by atoms with Crippen LogP contribution in [0.4, 0.5) is 5.69 Å². The van der Waals surface area contributed by atoms with Crippen molar-refractivity contribution in [3.63, 3.8) is 0 Å². The molecule has 2 aromatic heterocycles. The summed E-state index contributed by atoms with van der Waals surface area (Å²) in [6, 6.07) is 17.1. The highest BCUT2D eigenvalue weighted by molar-refractivity contribution is 9.10. The second-order valence-corrected chi connectivity index (χ2v) is 6.87. The molecule has 27 heavy (non-hydrogen) atoms. The maximum Gasteiger partial charge on any atom is 0.259 e. The van der Waals surface area contributed by atoms with Crippen LogP contribution in [0.3, 0.4) is 0 Å². The summed E-state index contributed by atoms with van der Waals surface area (Å²) in [4.78, 5) is 12.9. The smallest absolute Gasteiger partial charge is 0.259 e. The van der Waals surface area contributed by atoms with E-state index in [0.29, 0.717) is 11.3 Å². The van der Waals surface area contributed by atoms with Gasteiger partial charge in [-0.3, -0.25) is 4.79 Å². The lowest BCUT2D eigenvalue weighted by molar-refractivity contribution is 0.102. The molecule has 0 saturated carbocycles. The third-order valence-corrected chi connectivity index (χ3v) is 4.76. The summed E-state index contributed by atoms with van der Waals surface area (Å²) in [5.41, 5.74) is 3.67. The maximum atomic E-state index is 12.9. The molecule has 2 aromatic carbocycles. The van der Waals surface area contributed by atoms with Crippen LogP contribution in [0.5, 0.6) is 0 Å². The van der Waals surface area contributed by atoms with Crippen molar-refractivity contribution in [2.75, 3.05) is 5.32 Å². The van der Waals surface area contributed by atoms with Crippen molar-refractivity contribution in [1.29, 1.82) is 0 Å². The Balaban J connectivity index is 1.63. The van der Waals surface area contributed by atoms with E-state index in [0.717, 1.165) is 21.5 Å². The average Bonchev–Trinajstić information content (AvgIpc) is 3.33. The average molecular weight is 422 g/mol. The highest BCUT2D eigenvalue weighted by Crippen LogP contribution is 2.22. The number of halogens is 1. The van der Waals surface area contributed by atoms with Gasteiger partial charge in [0.05, 0.1) is 34.5 Å². The lowest BCUT2D eigenvalue weighted by Crippen LogP contribution is -2.15. The molecule has 4 rings (SSSR count). The zero-order valence-corrected chi connectivity index (χ0v) is 16.1. The van der Waals surface area contributed by atoms with Crippen molar-refractivity contribution in [3.05, 3.63) is 88.9 Å². The zero-order valence-electron chi connectivity index (χ0n) is 14.5. The molecule has 4 aromatic rings. The highest BCUT2D eigenvalue weighted by Gasteiger charge is 2.17. The Morgan fingerprint density at radius 2 is 1.81 bits per heavy atom. The van der Waals surface area contributed by atoms with Crippen molar-refractivity contribution >= 4 is 27.5 Å². The van der Waals surface area contributed by atoms with Gasteiger partial charge in [0.15, 0.2) is 0 Å². The van der Waals surface area contributed by atoms with Crippen molar-refractivity contribution in [3.8, 4) is 11.4 Å². The third-order valence-electron chi connectivity index (χ3n) is 4.23. The Bertz CT molecular complexity index is 1080. The van der Waals surface area contributed by atoms with E-state index < -0.39 is 0 Å². The van der Waals surface area contributed by atoms with E-state index >= 15 is 0 Å². The van der Waals surface area contributed by atoms with E-state index in [4.69, 9.17) is 0 Å². The minimum Gasteiger partial charge on any atom is -0.320 e. The molecular weight excluding hydrogens is 406 g/mol. The number of carbonyl (C=O) groups excluding carboxylic acids is 1. The van der Waals surface area contributed by atoms with Gasteiger partial charge in [0.2, 0.25) is 0 Å². The van der Waals surface area contributed by atoms with Crippen LogP contribution in [0.1, 0.15) is 16.1 Å². The van der Waals surface area contributed by atoms with Gasteiger partial charge in [0, 0.05) is 16.9 Å². The molecule has 0 aliphatic carbocycles. The number of nitrogens with zero attached hydrogens (tertiary/aromatic N) is 4. The second kappa shape index (κ2) is 7.20. The van der Waals surface area contributed by atoms with Crippen LogP contribution in [0.2, 0.25) is 0 Å². The van der Waals surface area contributed by atoms with Gasteiger partial charge < -0.3 is 5.32 Å². The number of para-hydroxylation sites is 2. The predicted octanol–water partition coefficient (Wildman–Crippen LogP) is 4.38. The first kappa shape index (κ1) is 17.2. The van der Waals surface area contributed by atoms with Crippen molar-refractivity contribution in [2.45, 2.75) is 6.92 Å². The topological polar surface area (TPSA) is 64.7 Å². The standard InChI is InChI=1S/C20H16BrN5O/c1-14-17(13-23-26(14)16-9-7-15(21)8-10-16)20(27)24-18-5-2-3-6-19(18)25-12-4-11-22-25/h2-13H,1H3,(H,24,27). The molecule has 0 unspecified atom stereocenters. The molecule has 0 fully saturated rings. The molecule has 6 nitrogen and oxygen atoms in total. The molecule has 7 heteroatoms. The highest BCUT2D eigenvalue weighted by atomic mass is 79.9. The fourth-order valence-corrected chi connectivity index (χ4v) is 3.12. The third kappa shape index (κ3) is 3.41. The van der Waals surface area contributed by atoms with E-state index in [2.05, 4.69) is 31.4 Å². The number of hydrogen-bond donors (Lipinski definition) is 1. The van der Waals surface area contributed by atoms with Crippen molar-refractivity contribution < 1.29 is 4.79 Å². The van der Waals surface area contributed by atoms with Gasteiger partial charge in [-0.1, -0.05) is 28.1 Å². The van der Waals surface area contributed by atoms with E-state index in [-0.39, 0.29) is 5.91 Å². The number of carbonyl (C=O) groups is 1. The number of rotatable bonds is 4. The van der Waals surface area contributed by atoms with Gasteiger partial charge in [-0.15, -0.1) is 0 Å². The summed E-state index contributed by atoms with van der Waals surface area (Å²) in [6.45, 7) is 1.88. The molecule has 1 N–H and O–H groups in total. The molecule has 134 valence electrons. The monoisotopic (exact) mass is 421 g/mol. The van der Waals surface area contributed by atoms with Gasteiger partial charge in [-0.2, -0.15) is 10.2 Å². The molecule has 0 atom stereocenters. The summed E-state index contributed by atoms with van der Waals surface area (Å²) in [7, 11) is 0. The zero-order chi connectivity index (χ0) is 18.8. The van der Waals surface area contributed by atoms with Crippen LogP contribution in [-0.2, 0) is 0 Å². The van der Waals surface area contributed by atoms with Gasteiger partial charge >= 0.3 is 0 Å². The van der Waals surface area contributed by atoms with Crippen LogP contribution < -0.4 is 5.32 Å².